The molecular formula is C22H24N9O3S+. The second-order valence-electron chi connectivity index (χ2n) is 7.76. The van der Waals surface area contributed by atoms with Gasteiger partial charge in [0.15, 0.2) is 27.3 Å². The van der Waals surface area contributed by atoms with Crippen LogP contribution in [0.1, 0.15) is 5.56 Å². The number of fused-ring (bicyclic) bond motifs is 1. The molecule has 180 valence electrons. The fraction of sp³-hybridized carbons (Fsp3) is 0.182. The number of nitro groups is 1. The molecule has 0 aliphatic heterocycles. The number of aromatic nitrogens is 4. The number of thiol groups is 1. The molecule has 0 saturated carbocycles. The van der Waals surface area contributed by atoms with Crippen LogP contribution in [0.4, 0.5) is 11.5 Å². The number of nitro benzene ring substituents is 1. The van der Waals surface area contributed by atoms with E-state index in [1.807, 2.05) is 31.1 Å². The molecule has 0 fully saturated rings. The predicted octanol–water partition coefficient (Wildman–Crippen LogP) is 2.29. The number of likely N-dealkylation sites (N-methyl/N-ethyl adjacent to an activating group) is 1. The van der Waals surface area contributed by atoms with Gasteiger partial charge in [0.1, 0.15) is 6.33 Å². The lowest BCUT2D eigenvalue weighted by molar-refractivity contribution is -0.384. The van der Waals surface area contributed by atoms with Gasteiger partial charge in [0.05, 0.1) is 35.0 Å². The topological polar surface area (TPSA) is 143 Å². The molecule has 2 aromatic heterocycles. The van der Waals surface area contributed by atoms with Crippen molar-refractivity contribution in [1.82, 2.24) is 29.4 Å². The minimum Gasteiger partial charge on any atom is -0.308 e. The number of non-ortho nitro benzene ring substituents is 1. The van der Waals surface area contributed by atoms with Crippen LogP contribution in [-0.2, 0) is 15.2 Å². The summed E-state index contributed by atoms with van der Waals surface area (Å²) in [5.41, 5.74) is 4.66. The smallest absolute Gasteiger partial charge is 0.271 e. The number of hydrogen-bond donors (Lipinski definition) is 2. The van der Waals surface area contributed by atoms with Gasteiger partial charge < -0.3 is 4.90 Å². The van der Waals surface area contributed by atoms with E-state index in [-0.39, 0.29) is 5.69 Å². The number of hydrazone groups is 1. The highest BCUT2D eigenvalue weighted by molar-refractivity contribution is 7.83. The van der Waals surface area contributed by atoms with Gasteiger partial charge in [0, 0.05) is 18.7 Å². The van der Waals surface area contributed by atoms with Crippen molar-refractivity contribution < 1.29 is 9.13 Å². The summed E-state index contributed by atoms with van der Waals surface area (Å²) in [5.74, 6) is 0.438. The highest BCUT2D eigenvalue weighted by atomic mass is 32.2. The van der Waals surface area contributed by atoms with E-state index in [4.69, 9.17) is 0 Å². The first-order valence-electron chi connectivity index (χ1n) is 10.6. The Balaban J connectivity index is 1.45. The second kappa shape index (κ2) is 10.9. The highest BCUT2D eigenvalue weighted by Gasteiger charge is 2.14. The van der Waals surface area contributed by atoms with Crippen LogP contribution < -0.4 is 10.1 Å². The third-order valence-electron chi connectivity index (χ3n) is 4.98. The molecule has 2 aromatic carbocycles. The Hall–Kier alpha value is -4.07. The molecule has 1 unspecified atom stereocenters. The molecular weight excluding hydrogens is 470 g/mol. The van der Waals surface area contributed by atoms with Crippen molar-refractivity contribution in [3.63, 3.8) is 0 Å². The van der Waals surface area contributed by atoms with Crippen molar-refractivity contribution >= 4 is 39.7 Å². The molecule has 13 heteroatoms. The van der Waals surface area contributed by atoms with Crippen molar-refractivity contribution in [1.29, 1.82) is 0 Å². The van der Waals surface area contributed by atoms with Gasteiger partial charge in [-0.1, -0.05) is 10.3 Å². The lowest BCUT2D eigenvalue weighted by Gasteiger charge is -2.07. The van der Waals surface area contributed by atoms with Gasteiger partial charge in [0.25, 0.3) is 5.69 Å². The maximum absolute atomic E-state index is 12.3. The van der Waals surface area contributed by atoms with Crippen LogP contribution in [0, 0.1) is 10.1 Å². The number of anilines is 1. The summed E-state index contributed by atoms with van der Waals surface area (Å²) in [6.07, 6.45) is 4.56. The molecule has 0 saturated heterocycles. The summed E-state index contributed by atoms with van der Waals surface area (Å²) in [6.45, 7) is 1.44. The monoisotopic (exact) mass is 494 g/mol. The van der Waals surface area contributed by atoms with E-state index in [0.29, 0.717) is 29.1 Å². The number of benzene rings is 2. The lowest BCUT2D eigenvalue weighted by atomic mass is 10.2. The summed E-state index contributed by atoms with van der Waals surface area (Å²) in [5, 5.41) is 20.3. The van der Waals surface area contributed by atoms with E-state index in [1.54, 1.807) is 36.7 Å². The molecule has 0 bridgehead atoms. The third kappa shape index (κ3) is 5.90. The second-order valence-corrected chi connectivity index (χ2v) is 9.18. The molecule has 0 spiro atoms. The molecule has 0 radical (unpaired) electrons. The Morgan fingerprint density at radius 1 is 1.20 bits per heavy atom. The number of rotatable bonds is 10. The number of nitrogens with zero attached hydrogens (tertiary/aromatic N) is 7. The Bertz CT molecular complexity index is 1390. The average Bonchev–Trinajstić information content (AvgIpc) is 3.29. The van der Waals surface area contributed by atoms with Gasteiger partial charge in [-0.25, -0.2) is 14.6 Å². The summed E-state index contributed by atoms with van der Waals surface area (Å²) in [7, 11) is 2.27. The Kier molecular flexibility index (Phi) is 7.50. The van der Waals surface area contributed by atoms with Crippen LogP contribution in [0.3, 0.4) is 0 Å². The molecule has 0 aliphatic rings. The van der Waals surface area contributed by atoms with Gasteiger partial charge in [0.2, 0.25) is 0 Å². The van der Waals surface area contributed by atoms with Gasteiger partial charge in [-0.2, -0.15) is 10.2 Å². The van der Waals surface area contributed by atoms with E-state index in [2.05, 4.69) is 30.3 Å². The van der Waals surface area contributed by atoms with Crippen molar-refractivity contribution in [3.8, 4) is 5.69 Å². The van der Waals surface area contributed by atoms with E-state index in [0.717, 1.165) is 17.0 Å². The van der Waals surface area contributed by atoms with Gasteiger partial charge >= 0.3 is 0 Å². The summed E-state index contributed by atoms with van der Waals surface area (Å²) < 4.78 is 16.9. The first-order valence-corrected chi connectivity index (χ1v) is 11.9. The summed E-state index contributed by atoms with van der Waals surface area (Å²) in [4.78, 5) is 21.9. The normalized spacial score (nSPS) is 12.4. The maximum atomic E-state index is 12.3. The first-order chi connectivity index (χ1) is 16.9. The summed E-state index contributed by atoms with van der Waals surface area (Å²) >= 11 is 0. The van der Waals surface area contributed by atoms with Crippen LogP contribution >= 0.6 is 0 Å². The van der Waals surface area contributed by atoms with Gasteiger partial charge in [-0.05, 0) is 50.0 Å². The number of nitrogens with one attached hydrogen (secondary N) is 2. The van der Waals surface area contributed by atoms with E-state index in [9.17, 15) is 14.3 Å². The molecule has 2 heterocycles. The summed E-state index contributed by atoms with van der Waals surface area (Å²) in [6, 6.07) is 13.4. The molecule has 2 N–H and O–H groups in total. The zero-order valence-electron chi connectivity index (χ0n) is 19.1. The van der Waals surface area contributed by atoms with Crippen LogP contribution in [0.5, 0.6) is 0 Å². The van der Waals surface area contributed by atoms with E-state index >= 15 is 0 Å². The first kappa shape index (κ1) is 24.1. The molecule has 1 atom stereocenters. The fourth-order valence-electron chi connectivity index (χ4n) is 3.19. The van der Waals surface area contributed by atoms with Crippen molar-refractivity contribution in [3.05, 3.63) is 76.7 Å². The zero-order chi connectivity index (χ0) is 24.8. The van der Waals surface area contributed by atoms with Crippen LogP contribution in [0.15, 0.2) is 71.1 Å². The molecule has 12 nitrogen and oxygen atoms in total. The predicted molar refractivity (Wildman–Crippen MR) is 135 cm³/mol. The molecule has 35 heavy (non-hydrogen) atoms. The third-order valence-corrected chi connectivity index (χ3v) is 6.26. The fourth-order valence-corrected chi connectivity index (χ4v) is 4.10. The van der Waals surface area contributed by atoms with E-state index < -0.39 is 15.9 Å². The molecule has 4 rings (SSSR count). The Morgan fingerprint density at radius 3 is 2.74 bits per heavy atom. The van der Waals surface area contributed by atoms with Crippen LogP contribution in [0.2, 0.25) is 0 Å². The average molecular weight is 495 g/mol. The van der Waals surface area contributed by atoms with Crippen molar-refractivity contribution in [2.45, 2.75) is 4.90 Å². The Morgan fingerprint density at radius 2 is 2.00 bits per heavy atom. The standard InChI is InChI=1S/C22H23N9O3S/c1-29(2)11-10-27-35(34)19-8-6-16(7-9-19)13-25-28-21-20-14-26-30(22(20)24-15-23-21)17-4-3-5-18(12-17)31(32)33/h3-9,12-15H,10-11H2,1-2H3,(H,27,34)(H,23,24,28)/p+1. The van der Waals surface area contributed by atoms with Gasteiger partial charge in [-0.15, -0.1) is 4.72 Å². The number of hydrogen-bond acceptors (Lipinski definition) is 9. The van der Waals surface area contributed by atoms with Crippen molar-refractivity contribution in [2.75, 3.05) is 32.6 Å². The molecule has 0 amide bonds. The van der Waals surface area contributed by atoms with Crippen LogP contribution in [-0.4, -0.2) is 63.0 Å². The Labute approximate surface area is 203 Å². The maximum Gasteiger partial charge on any atom is 0.271 e. The SMILES string of the molecule is CN(C)CCN[SH+](=O)c1ccc(C=NNc2ncnc3c2cnn3-c2cccc([N+](=O)[O-])c2)cc1. The van der Waals surface area contributed by atoms with Crippen molar-refractivity contribution in [2.24, 2.45) is 5.10 Å². The van der Waals surface area contributed by atoms with Crippen LogP contribution in [0.25, 0.3) is 16.7 Å². The minimum absolute atomic E-state index is 0.0388. The quantitative estimate of drug-likeness (QED) is 0.112. The van der Waals surface area contributed by atoms with E-state index in [1.165, 1.54) is 23.1 Å². The highest BCUT2D eigenvalue weighted by Crippen LogP contribution is 2.23. The lowest BCUT2D eigenvalue weighted by Crippen LogP contribution is -2.27. The zero-order valence-corrected chi connectivity index (χ0v) is 20.0. The minimum atomic E-state index is -1.66. The van der Waals surface area contributed by atoms with Gasteiger partial charge in [-0.3, -0.25) is 15.5 Å². The largest absolute Gasteiger partial charge is 0.308 e. The molecule has 0 aliphatic carbocycles. The molecule has 4 aromatic rings.